The van der Waals surface area contributed by atoms with Crippen molar-refractivity contribution < 1.29 is 0 Å². The Hall–Kier alpha value is -1.28. The molecule has 90 valence electrons. The van der Waals surface area contributed by atoms with Gasteiger partial charge in [0.15, 0.2) is 0 Å². The second-order valence-corrected chi connectivity index (χ2v) is 5.39. The van der Waals surface area contributed by atoms with E-state index in [1.54, 1.807) is 0 Å². The van der Waals surface area contributed by atoms with Crippen LogP contribution in [0.1, 0.15) is 31.2 Å². The van der Waals surface area contributed by atoms with Crippen molar-refractivity contribution in [3.8, 4) is 0 Å². The van der Waals surface area contributed by atoms with Gasteiger partial charge in [0, 0.05) is 30.7 Å². The molecule has 0 aliphatic heterocycles. The Labute approximate surface area is 102 Å². The molecule has 1 aliphatic rings. The lowest BCUT2D eigenvalue weighted by atomic mass is 9.79. The maximum atomic E-state index is 6.05. The molecule has 3 rings (SSSR count). The second-order valence-electron chi connectivity index (χ2n) is 5.39. The van der Waals surface area contributed by atoms with E-state index in [1.807, 2.05) is 0 Å². The van der Waals surface area contributed by atoms with E-state index in [0.717, 1.165) is 6.54 Å². The summed E-state index contributed by atoms with van der Waals surface area (Å²) in [6, 6.07) is 9.03. The number of hydrogen-bond donors (Lipinski definition) is 1. The molecule has 1 heterocycles. The van der Waals surface area contributed by atoms with E-state index < -0.39 is 0 Å². The predicted molar refractivity (Wildman–Crippen MR) is 72.1 cm³/mol. The summed E-state index contributed by atoms with van der Waals surface area (Å²) in [6.07, 6.45) is 7.27. The highest BCUT2D eigenvalue weighted by Gasteiger charge is 2.34. The van der Waals surface area contributed by atoms with E-state index in [0.29, 0.717) is 0 Å². The smallest absolute Gasteiger partial charge is 0.0480 e. The van der Waals surface area contributed by atoms with Crippen LogP contribution in [-0.2, 0) is 12.5 Å². The van der Waals surface area contributed by atoms with Crippen molar-refractivity contribution in [2.45, 2.75) is 31.1 Å². The van der Waals surface area contributed by atoms with Gasteiger partial charge in [-0.05, 0) is 35.9 Å². The van der Waals surface area contributed by atoms with Crippen LogP contribution in [0.15, 0.2) is 30.5 Å². The van der Waals surface area contributed by atoms with Crippen LogP contribution in [0.5, 0.6) is 0 Å². The zero-order chi connectivity index (χ0) is 11.9. The lowest BCUT2D eigenvalue weighted by molar-refractivity contribution is 0.453. The summed E-state index contributed by atoms with van der Waals surface area (Å²) in [5.74, 6) is 0. The topological polar surface area (TPSA) is 30.9 Å². The van der Waals surface area contributed by atoms with Crippen LogP contribution in [0.4, 0.5) is 0 Å². The first-order valence-electron chi connectivity index (χ1n) is 6.51. The molecule has 0 atom stereocenters. The maximum absolute atomic E-state index is 6.05. The first-order valence-corrected chi connectivity index (χ1v) is 6.51. The molecular weight excluding hydrogens is 208 g/mol. The van der Waals surface area contributed by atoms with Crippen molar-refractivity contribution >= 4 is 10.9 Å². The molecular formula is C15H20N2. The van der Waals surface area contributed by atoms with Gasteiger partial charge in [-0.3, -0.25) is 0 Å². The van der Waals surface area contributed by atoms with Crippen molar-refractivity contribution in [1.29, 1.82) is 0 Å². The third kappa shape index (κ3) is 1.59. The number of nitrogens with zero attached hydrogens (tertiary/aromatic N) is 1. The third-order valence-electron chi connectivity index (χ3n) is 4.45. The van der Waals surface area contributed by atoms with E-state index in [4.69, 9.17) is 5.73 Å². The molecule has 0 bridgehead atoms. The predicted octanol–water partition coefficient (Wildman–Crippen LogP) is 2.95. The number of aryl methyl sites for hydroxylation is 1. The van der Waals surface area contributed by atoms with Gasteiger partial charge in [-0.1, -0.05) is 25.0 Å². The van der Waals surface area contributed by atoms with Crippen LogP contribution in [-0.4, -0.2) is 11.1 Å². The first-order chi connectivity index (χ1) is 8.25. The van der Waals surface area contributed by atoms with Crippen molar-refractivity contribution in [3.05, 3.63) is 36.0 Å². The summed E-state index contributed by atoms with van der Waals surface area (Å²) >= 11 is 0. The molecule has 0 saturated heterocycles. The first kappa shape index (κ1) is 10.8. The number of rotatable bonds is 2. The van der Waals surface area contributed by atoms with Gasteiger partial charge in [0.2, 0.25) is 0 Å². The number of fused-ring (bicyclic) bond motifs is 1. The summed E-state index contributed by atoms with van der Waals surface area (Å²) < 4.78 is 2.19. The van der Waals surface area contributed by atoms with Crippen LogP contribution in [0.3, 0.4) is 0 Å². The lowest BCUT2D eigenvalue weighted by Gasteiger charge is -2.28. The van der Waals surface area contributed by atoms with Crippen LogP contribution in [0, 0.1) is 0 Å². The van der Waals surface area contributed by atoms with E-state index in [2.05, 4.69) is 42.1 Å². The number of aromatic nitrogens is 1. The Morgan fingerprint density at radius 2 is 2.00 bits per heavy atom. The SMILES string of the molecule is Cn1ccc2ccc(C3(CN)CCCC3)cc21. The highest BCUT2D eigenvalue weighted by molar-refractivity contribution is 5.81. The highest BCUT2D eigenvalue weighted by Crippen LogP contribution is 2.41. The summed E-state index contributed by atoms with van der Waals surface area (Å²) in [5, 5.41) is 1.32. The molecule has 1 saturated carbocycles. The Morgan fingerprint density at radius 1 is 1.24 bits per heavy atom. The third-order valence-corrected chi connectivity index (χ3v) is 4.45. The van der Waals surface area contributed by atoms with Crippen molar-refractivity contribution in [3.63, 3.8) is 0 Å². The molecule has 0 radical (unpaired) electrons. The normalized spacial score (nSPS) is 18.9. The fourth-order valence-corrected chi connectivity index (χ4v) is 3.25. The molecule has 2 nitrogen and oxygen atoms in total. The van der Waals surface area contributed by atoms with Crippen LogP contribution in [0.25, 0.3) is 10.9 Å². The minimum Gasteiger partial charge on any atom is -0.351 e. The molecule has 2 aromatic rings. The fourth-order valence-electron chi connectivity index (χ4n) is 3.25. The Balaban J connectivity index is 2.13. The van der Waals surface area contributed by atoms with Crippen molar-refractivity contribution in [2.24, 2.45) is 12.8 Å². The van der Waals surface area contributed by atoms with E-state index in [1.165, 1.54) is 42.1 Å². The van der Waals surface area contributed by atoms with Gasteiger partial charge >= 0.3 is 0 Å². The van der Waals surface area contributed by atoms with Gasteiger partial charge in [0.25, 0.3) is 0 Å². The standard InChI is InChI=1S/C15H20N2/c1-17-9-6-12-4-5-13(10-14(12)17)15(11-16)7-2-3-8-15/h4-6,9-10H,2-3,7-8,11,16H2,1H3. The molecule has 2 N–H and O–H groups in total. The molecule has 0 amide bonds. The van der Waals surface area contributed by atoms with Gasteiger partial charge in [-0.25, -0.2) is 0 Å². The average Bonchev–Trinajstić information content (AvgIpc) is 2.97. The number of nitrogens with two attached hydrogens (primary N) is 1. The second kappa shape index (κ2) is 3.88. The van der Waals surface area contributed by atoms with Crippen molar-refractivity contribution in [2.75, 3.05) is 6.54 Å². The van der Waals surface area contributed by atoms with E-state index >= 15 is 0 Å². The summed E-state index contributed by atoms with van der Waals surface area (Å²) in [5.41, 5.74) is 9.06. The molecule has 0 unspecified atom stereocenters. The summed E-state index contributed by atoms with van der Waals surface area (Å²) in [7, 11) is 2.11. The van der Waals surface area contributed by atoms with E-state index in [-0.39, 0.29) is 5.41 Å². The van der Waals surface area contributed by atoms with Crippen LogP contribution < -0.4 is 5.73 Å². The molecule has 17 heavy (non-hydrogen) atoms. The quantitative estimate of drug-likeness (QED) is 0.841. The maximum Gasteiger partial charge on any atom is 0.0480 e. The van der Waals surface area contributed by atoms with Gasteiger partial charge in [0.05, 0.1) is 0 Å². The number of benzene rings is 1. The monoisotopic (exact) mass is 228 g/mol. The fraction of sp³-hybridized carbons (Fsp3) is 0.467. The van der Waals surface area contributed by atoms with E-state index in [9.17, 15) is 0 Å². The Bertz CT molecular complexity index is 533. The zero-order valence-electron chi connectivity index (χ0n) is 10.4. The average molecular weight is 228 g/mol. The van der Waals surface area contributed by atoms with Gasteiger partial charge < -0.3 is 10.3 Å². The van der Waals surface area contributed by atoms with Crippen molar-refractivity contribution in [1.82, 2.24) is 4.57 Å². The minimum absolute atomic E-state index is 0.248. The molecule has 1 fully saturated rings. The number of hydrogen-bond acceptors (Lipinski definition) is 1. The lowest BCUT2D eigenvalue weighted by Crippen LogP contribution is -2.31. The Morgan fingerprint density at radius 3 is 2.71 bits per heavy atom. The van der Waals surface area contributed by atoms with Gasteiger partial charge in [0.1, 0.15) is 0 Å². The zero-order valence-corrected chi connectivity index (χ0v) is 10.4. The summed E-state index contributed by atoms with van der Waals surface area (Å²) in [6.45, 7) is 0.781. The summed E-state index contributed by atoms with van der Waals surface area (Å²) in [4.78, 5) is 0. The van der Waals surface area contributed by atoms with Crippen LogP contribution >= 0.6 is 0 Å². The molecule has 2 heteroatoms. The minimum atomic E-state index is 0.248. The molecule has 1 aliphatic carbocycles. The molecule has 0 spiro atoms. The Kier molecular flexibility index (Phi) is 2.48. The molecule has 1 aromatic carbocycles. The molecule has 1 aromatic heterocycles. The largest absolute Gasteiger partial charge is 0.351 e. The highest BCUT2D eigenvalue weighted by atomic mass is 14.9. The van der Waals surface area contributed by atoms with Gasteiger partial charge in [-0.15, -0.1) is 0 Å². The van der Waals surface area contributed by atoms with Gasteiger partial charge in [-0.2, -0.15) is 0 Å². The van der Waals surface area contributed by atoms with Crippen LogP contribution in [0.2, 0.25) is 0 Å².